The van der Waals surface area contributed by atoms with Gasteiger partial charge in [0, 0.05) is 24.2 Å². The normalized spacial score (nSPS) is 13.8. The van der Waals surface area contributed by atoms with Crippen molar-refractivity contribution in [2.45, 2.75) is 13.1 Å². The van der Waals surface area contributed by atoms with Crippen LogP contribution in [0.3, 0.4) is 0 Å². The van der Waals surface area contributed by atoms with E-state index in [2.05, 4.69) is 12.1 Å². The molecule has 0 bridgehead atoms. The van der Waals surface area contributed by atoms with Crippen molar-refractivity contribution < 1.29 is 4.79 Å². The Bertz CT molecular complexity index is 653. The molecule has 1 heterocycles. The summed E-state index contributed by atoms with van der Waals surface area (Å²) in [7, 11) is 0. The molecule has 3 heteroatoms. The number of benzene rings is 2. The van der Waals surface area contributed by atoms with E-state index < -0.39 is 0 Å². The Morgan fingerprint density at radius 1 is 1.00 bits per heavy atom. The van der Waals surface area contributed by atoms with Crippen LogP contribution in [0.15, 0.2) is 54.6 Å². The van der Waals surface area contributed by atoms with Crippen molar-refractivity contribution in [3.8, 4) is 0 Å². The second-order valence-electron chi connectivity index (χ2n) is 4.82. The molecule has 2 aromatic carbocycles. The molecule has 1 amide bonds. The number of hydrogen-bond donors (Lipinski definition) is 0. The fourth-order valence-corrected chi connectivity index (χ4v) is 2.56. The number of carbonyl (C=O) groups is 1. The zero-order chi connectivity index (χ0) is 13.9. The second-order valence-corrected chi connectivity index (χ2v) is 5.23. The molecule has 0 fully saturated rings. The maximum atomic E-state index is 12.2. The molecule has 0 atom stereocenters. The maximum absolute atomic E-state index is 12.2. The number of carbonyl (C=O) groups excluding carboxylic acids is 1. The molecule has 3 rings (SSSR count). The molecule has 0 unspecified atom stereocenters. The molecule has 0 N–H and O–H groups in total. The predicted molar refractivity (Wildman–Crippen MR) is 81.2 cm³/mol. The Balaban J connectivity index is 1.71. The van der Waals surface area contributed by atoms with Gasteiger partial charge in [0.2, 0.25) is 5.91 Å². The fraction of sp³-hybridized carbons (Fsp3) is 0.118. The van der Waals surface area contributed by atoms with Crippen molar-refractivity contribution in [1.29, 1.82) is 0 Å². The van der Waals surface area contributed by atoms with Crippen LogP contribution < -0.4 is 0 Å². The Morgan fingerprint density at radius 3 is 2.25 bits per heavy atom. The standard InChI is InChI=1S/C17H14ClNO/c18-16-8-4-3-5-13(16)9-10-17(20)19-11-14-6-1-2-7-15(14)12-19/h1-10H,11-12H2/b10-9+. The first-order valence-corrected chi connectivity index (χ1v) is 6.90. The first kappa shape index (κ1) is 12.9. The monoisotopic (exact) mass is 283 g/mol. The lowest BCUT2D eigenvalue weighted by Crippen LogP contribution is -2.22. The lowest BCUT2D eigenvalue weighted by molar-refractivity contribution is -0.126. The molecule has 1 aliphatic heterocycles. The van der Waals surface area contributed by atoms with Gasteiger partial charge in [0.25, 0.3) is 0 Å². The van der Waals surface area contributed by atoms with Crippen LogP contribution >= 0.6 is 11.6 Å². The minimum atomic E-state index is 0.0149. The van der Waals surface area contributed by atoms with Gasteiger partial charge in [-0.25, -0.2) is 0 Å². The molecule has 20 heavy (non-hydrogen) atoms. The van der Waals surface area contributed by atoms with Crippen molar-refractivity contribution in [3.05, 3.63) is 76.3 Å². The van der Waals surface area contributed by atoms with E-state index in [1.54, 1.807) is 12.2 Å². The number of hydrogen-bond acceptors (Lipinski definition) is 1. The molecule has 0 aromatic heterocycles. The highest BCUT2D eigenvalue weighted by molar-refractivity contribution is 6.32. The van der Waals surface area contributed by atoms with Crippen LogP contribution in [-0.4, -0.2) is 10.8 Å². The number of amides is 1. The van der Waals surface area contributed by atoms with Crippen LogP contribution in [0, 0.1) is 0 Å². The van der Waals surface area contributed by atoms with Gasteiger partial charge in [-0.2, -0.15) is 0 Å². The van der Waals surface area contributed by atoms with Crippen molar-refractivity contribution in [1.82, 2.24) is 4.90 Å². The van der Waals surface area contributed by atoms with Gasteiger partial charge in [-0.1, -0.05) is 54.1 Å². The second kappa shape index (κ2) is 5.51. The summed E-state index contributed by atoms with van der Waals surface area (Å²) in [6.07, 6.45) is 3.36. The lowest BCUT2D eigenvalue weighted by Gasteiger charge is -2.12. The van der Waals surface area contributed by atoms with Crippen molar-refractivity contribution in [2.75, 3.05) is 0 Å². The van der Waals surface area contributed by atoms with Crippen molar-refractivity contribution in [3.63, 3.8) is 0 Å². The first-order chi connectivity index (χ1) is 9.74. The third-order valence-corrected chi connectivity index (χ3v) is 3.81. The molecule has 0 saturated heterocycles. The Labute approximate surface area is 123 Å². The van der Waals surface area contributed by atoms with E-state index >= 15 is 0 Å². The quantitative estimate of drug-likeness (QED) is 0.766. The number of halogens is 1. The van der Waals surface area contributed by atoms with Gasteiger partial charge in [-0.05, 0) is 28.8 Å². The summed E-state index contributed by atoms with van der Waals surface area (Å²) in [5.41, 5.74) is 3.32. The van der Waals surface area contributed by atoms with E-state index in [0.717, 1.165) is 5.56 Å². The molecule has 1 aliphatic rings. The average molecular weight is 284 g/mol. The SMILES string of the molecule is O=C(/C=C/c1ccccc1Cl)N1Cc2ccccc2C1. The smallest absolute Gasteiger partial charge is 0.247 e. The lowest BCUT2D eigenvalue weighted by atomic mass is 10.1. The van der Waals surface area contributed by atoms with Crippen LogP contribution in [0.1, 0.15) is 16.7 Å². The molecule has 2 nitrogen and oxygen atoms in total. The zero-order valence-electron chi connectivity index (χ0n) is 10.9. The van der Waals surface area contributed by atoms with Crippen LogP contribution in [0.2, 0.25) is 5.02 Å². The predicted octanol–water partition coefficient (Wildman–Crippen LogP) is 3.90. The Morgan fingerprint density at radius 2 is 1.60 bits per heavy atom. The third-order valence-electron chi connectivity index (χ3n) is 3.46. The summed E-state index contributed by atoms with van der Waals surface area (Å²) in [6, 6.07) is 15.6. The van der Waals surface area contributed by atoms with Crippen LogP contribution in [-0.2, 0) is 17.9 Å². The summed E-state index contributed by atoms with van der Waals surface area (Å²) in [5.74, 6) is 0.0149. The number of fused-ring (bicyclic) bond motifs is 1. The number of rotatable bonds is 2. The van der Waals surface area contributed by atoms with Gasteiger partial charge in [0.15, 0.2) is 0 Å². The Hall–Kier alpha value is -2.06. The van der Waals surface area contributed by atoms with Crippen LogP contribution in [0.5, 0.6) is 0 Å². The molecule has 0 aliphatic carbocycles. The van der Waals surface area contributed by atoms with E-state index in [1.807, 2.05) is 41.3 Å². The van der Waals surface area contributed by atoms with Gasteiger partial charge >= 0.3 is 0 Å². The minimum absolute atomic E-state index is 0.0149. The zero-order valence-corrected chi connectivity index (χ0v) is 11.7. The van der Waals surface area contributed by atoms with E-state index in [4.69, 9.17) is 11.6 Å². The molecular formula is C17H14ClNO. The van der Waals surface area contributed by atoms with Gasteiger partial charge in [-0.3, -0.25) is 4.79 Å². The molecule has 0 spiro atoms. The topological polar surface area (TPSA) is 20.3 Å². The highest BCUT2D eigenvalue weighted by atomic mass is 35.5. The van der Waals surface area contributed by atoms with Crippen LogP contribution in [0.4, 0.5) is 0 Å². The van der Waals surface area contributed by atoms with Gasteiger partial charge < -0.3 is 4.90 Å². The molecule has 0 saturated carbocycles. The highest BCUT2D eigenvalue weighted by Crippen LogP contribution is 2.23. The minimum Gasteiger partial charge on any atom is -0.330 e. The first-order valence-electron chi connectivity index (χ1n) is 6.52. The third kappa shape index (κ3) is 2.61. The largest absolute Gasteiger partial charge is 0.330 e. The van der Waals surface area contributed by atoms with Gasteiger partial charge in [0.1, 0.15) is 0 Å². The Kier molecular flexibility index (Phi) is 3.57. The highest BCUT2D eigenvalue weighted by Gasteiger charge is 2.20. The van der Waals surface area contributed by atoms with Crippen molar-refractivity contribution >= 4 is 23.6 Å². The van der Waals surface area contributed by atoms with Gasteiger partial charge in [0.05, 0.1) is 0 Å². The van der Waals surface area contributed by atoms with E-state index in [-0.39, 0.29) is 5.91 Å². The average Bonchev–Trinajstić information content (AvgIpc) is 2.90. The van der Waals surface area contributed by atoms with Gasteiger partial charge in [-0.15, -0.1) is 0 Å². The molecule has 100 valence electrons. The molecule has 2 aromatic rings. The van der Waals surface area contributed by atoms with E-state index in [0.29, 0.717) is 18.1 Å². The van der Waals surface area contributed by atoms with Crippen molar-refractivity contribution in [2.24, 2.45) is 0 Å². The molecular weight excluding hydrogens is 270 g/mol. The number of nitrogens with zero attached hydrogens (tertiary/aromatic N) is 1. The van der Waals surface area contributed by atoms with E-state index in [1.165, 1.54) is 11.1 Å². The summed E-state index contributed by atoms with van der Waals surface area (Å²) >= 11 is 6.06. The molecule has 0 radical (unpaired) electrons. The van der Waals surface area contributed by atoms with Crippen LogP contribution in [0.25, 0.3) is 6.08 Å². The maximum Gasteiger partial charge on any atom is 0.247 e. The summed E-state index contributed by atoms with van der Waals surface area (Å²) in [4.78, 5) is 14.0. The summed E-state index contributed by atoms with van der Waals surface area (Å²) in [5, 5.41) is 0.654. The van der Waals surface area contributed by atoms with E-state index in [9.17, 15) is 4.79 Å². The summed E-state index contributed by atoms with van der Waals surface area (Å²) < 4.78 is 0. The fourth-order valence-electron chi connectivity index (χ4n) is 2.37. The summed E-state index contributed by atoms with van der Waals surface area (Å²) in [6.45, 7) is 1.36.